The van der Waals surface area contributed by atoms with Crippen molar-refractivity contribution in [2.24, 2.45) is 11.7 Å². The van der Waals surface area contributed by atoms with Crippen LogP contribution >= 0.6 is 0 Å². The van der Waals surface area contributed by atoms with Crippen molar-refractivity contribution in [2.45, 2.75) is 63.2 Å². The van der Waals surface area contributed by atoms with Crippen LogP contribution in [-0.4, -0.2) is 42.1 Å². The van der Waals surface area contributed by atoms with E-state index in [4.69, 9.17) is 10.5 Å². The van der Waals surface area contributed by atoms with Crippen LogP contribution in [0.15, 0.2) is 0 Å². The number of morpholine rings is 1. The Kier molecular flexibility index (Phi) is 3.57. The number of carbonyl (C=O) groups is 1. The Morgan fingerprint density at radius 2 is 1.67 bits per heavy atom. The number of carbonyl (C=O) groups excluding carboxylic acids is 1. The highest BCUT2D eigenvalue weighted by Crippen LogP contribution is 2.29. The third kappa shape index (κ3) is 2.41. The summed E-state index contributed by atoms with van der Waals surface area (Å²) in [6, 6.07) is 0.0699. The van der Waals surface area contributed by atoms with E-state index < -0.39 is 0 Å². The van der Waals surface area contributed by atoms with Crippen LogP contribution < -0.4 is 5.73 Å². The molecule has 2 N–H and O–H groups in total. The molecule has 4 unspecified atom stereocenters. The van der Waals surface area contributed by atoms with Gasteiger partial charge < -0.3 is 15.4 Å². The summed E-state index contributed by atoms with van der Waals surface area (Å²) in [5.41, 5.74) is 6.19. The zero-order valence-electron chi connectivity index (χ0n) is 11.0. The van der Waals surface area contributed by atoms with E-state index in [-0.39, 0.29) is 24.2 Å². The summed E-state index contributed by atoms with van der Waals surface area (Å²) in [5.74, 6) is 0.356. The average Bonchev–Trinajstić information content (AvgIpc) is 2.59. The van der Waals surface area contributed by atoms with Gasteiger partial charge in [0.05, 0.1) is 18.1 Å². The molecule has 3 fully saturated rings. The van der Waals surface area contributed by atoms with Crippen LogP contribution in [-0.2, 0) is 9.53 Å². The first-order chi connectivity index (χ1) is 8.74. The van der Waals surface area contributed by atoms with E-state index in [2.05, 4.69) is 0 Å². The summed E-state index contributed by atoms with van der Waals surface area (Å²) < 4.78 is 5.79. The van der Waals surface area contributed by atoms with Crippen molar-refractivity contribution >= 4 is 5.91 Å². The van der Waals surface area contributed by atoms with Gasteiger partial charge in [-0.15, -0.1) is 0 Å². The molecule has 4 heteroatoms. The van der Waals surface area contributed by atoms with Crippen LogP contribution in [0.4, 0.5) is 0 Å². The first-order valence-corrected chi connectivity index (χ1v) is 7.44. The highest BCUT2D eigenvalue weighted by Gasteiger charge is 2.39. The van der Waals surface area contributed by atoms with Crippen molar-refractivity contribution < 1.29 is 9.53 Å². The lowest BCUT2D eigenvalue weighted by atomic mass is 9.93. The number of rotatable bonds is 1. The molecule has 4 atom stereocenters. The fourth-order valence-corrected chi connectivity index (χ4v) is 3.67. The summed E-state index contributed by atoms with van der Waals surface area (Å²) >= 11 is 0. The molecule has 2 heterocycles. The predicted octanol–water partition coefficient (Wildman–Crippen LogP) is 1.28. The first-order valence-electron chi connectivity index (χ1n) is 7.44. The Balaban J connectivity index is 1.65. The lowest BCUT2D eigenvalue weighted by Crippen LogP contribution is -2.51. The number of likely N-dealkylation sites (tertiary alicyclic amines) is 1. The normalized spacial score (nSPS) is 40.6. The number of hydrogen-bond acceptors (Lipinski definition) is 3. The molecule has 2 bridgehead atoms. The van der Waals surface area contributed by atoms with Crippen LogP contribution in [0.2, 0.25) is 0 Å². The van der Waals surface area contributed by atoms with E-state index in [1.165, 1.54) is 12.8 Å². The molecule has 2 aliphatic heterocycles. The van der Waals surface area contributed by atoms with E-state index >= 15 is 0 Å². The smallest absolute Gasteiger partial charge is 0.227 e. The van der Waals surface area contributed by atoms with Gasteiger partial charge in [0.15, 0.2) is 0 Å². The number of hydrogen-bond donors (Lipinski definition) is 1. The van der Waals surface area contributed by atoms with E-state index in [9.17, 15) is 4.79 Å². The summed E-state index contributed by atoms with van der Waals surface area (Å²) in [5, 5.41) is 0. The van der Waals surface area contributed by atoms with Crippen LogP contribution in [0.25, 0.3) is 0 Å². The predicted molar refractivity (Wildman–Crippen MR) is 69.0 cm³/mol. The first kappa shape index (κ1) is 12.4. The summed E-state index contributed by atoms with van der Waals surface area (Å²) in [6.45, 7) is 1.58. The molecule has 0 radical (unpaired) electrons. The van der Waals surface area contributed by atoms with Crippen molar-refractivity contribution in [1.29, 1.82) is 0 Å². The van der Waals surface area contributed by atoms with Crippen molar-refractivity contribution in [3.8, 4) is 0 Å². The van der Waals surface area contributed by atoms with E-state index in [0.717, 1.165) is 45.2 Å². The molecule has 2 saturated heterocycles. The van der Waals surface area contributed by atoms with Gasteiger partial charge in [-0.2, -0.15) is 0 Å². The highest BCUT2D eigenvalue weighted by atomic mass is 16.5. The second kappa shape index (κ2) is 5.17. The topological polar surface area (TPSA) is 55.6 Å². The molecule has 0 aromatic rings. The van der Waals surface area contributed by atoms with Gasteiger partial charge >= 0.3 is 0 Å². The maximum atomic E-state index is 12.6. The van der Waals surface area contributed by atoms with Crippen LogP contribution in [0.1, 0.15) is 44.9 Å². The molecule has 18 heavy (non-hydrogen) atoms. The molecule has 0 aromatic carbocycles. The zero-order chi connectivity index (χ0) is 12.5. The second-order valence-corrected chi connectivity index (χ2v) is 6.11. The Hall–Kier alpha value is -0.610. The quantitative estimate of drug-likeness (QED) is 0.715. The SMILES string of the molecule is NC1CCCCCC1C(=O)N1CC2CCC(C1)O2. The van der Waals surface area contributed by atoms with Gasteiger partial charge in [0, 0.05) is 19.1 Å². The van der Waals surface area contributed by atoms with E-state index in [1.807, 2.05) is 4.90 Å². The summed E-state index contributed by atoms with van der Waals surface area (Å²) in [6.07, 6.45) is 8.35. The Morgan fingerprint density at radius 3 is 2.39 bits per heavy atom. The number of fused-ring (bicyclic) bond motifs is 2. The van der Waals surface area contributed by atoms with Gasteiger partial charge in [0.1, 0.15) is 0 Å². The Morgan fingerprint density at radius 1 is 1.00 bits per heavy atom. The highest BCUT2D eigenvalue weighted by molar-refractivity contribution is 5.79. The fraction of sp³-hybridized carbons (Fsp3) is 0.929. The molecular weight excluding hydrogens is 228 g/mol. The third-order valence-corrected chi connectivity index (χ3v) is 4.74. The molecule has 102 valence electrons. The molecule has 3 rings (SSSR count). The van der Waals surface area contributed by atoms with Crippen molar-refractivity contribution in [3.05, 3.63) is 0 Å². The molecule has 3 aliphatic rings. The summed E-state index contributed by atoms with van der Waals surface area (Å²) in [4.78, 5) is 14.7. The third-order valence-electron chi connectivity index (χ3n) is 4.74. The zero-order valence-corrected chi connectivity index (χ0v) is 11.0. The number of ether oxygens (including phenoxy) is 1. The molecule has 0 spiro atoms. The van der Waals surface area contributed by atoms with E-state index in [1.54, 1.807) is 0 Å². The minimum atomic E-state index is 0.0602. The summed E-state index contributed by atoms with van der Waals surface area (Å²) in [7, 11) is 0. The lowest BCUT2D eigenvalue weighted by molar-refractivity contribution is -0.145. The molecule has 1 amide bonds. The molecule has 0 aromatic heterocycles. The van der Waals surface area contributed by atoms with Crippen LogP contribution in [0.3, 0.4) is 0 Å². The average molecular weight is 252 g/mol. The Bertz CT molecular complexity index is 309. The number of nitrogens with two attached hydrogens (primary N) is 1. The number of nitrogens with zero attached hydrogens (tertiary/aromatic N) is 1. The van der Waals surface area contributed by atoms with Gasteiger partial charge in [-0.05, 0) is 25.7 Å². The second-order valence-electron chi connectivity index (χ2n) is 6.11. The Labute approximate surface area is 109 Å². The van der Waals surface area contributed by atoms with Crippen molar-refractivity contribution in [3.63, 3.8) is 0 Å². The maximum Gasteiger partial charge on any atom is 0.227 e. The van der Waals surface area contributed by atoms with Crippen molar-refractivity contribution in [2.75, 3.05) is 13.1 Å². The van der Waals surface area contributed by atoms with Crippen molar-refractivity contribution in [1.82, 2.24) is 4.90 Å². The van der Waals surface area contributed by atoms with E-state index in [0.29, 0.717) is 5.91 Å². The van der Waals surface area contributed by atoms with Gasteiger partial charge in [0.2, 0.25) is 5.91 Å². The molecule has 4 nitrogen and oxygen atoms in total. The minimum absolute atomic E-state index is 0.0602. The monoisotopic (exact) mass is 252 g/mol. The lowest BCUT2D eigenvalue weighted by Gasteiger charge is -2.35. The molecule has 1 aliphatic carbocycles. The number of amides is 1. The van der Waals surface area contributed by atoms with Gasteiger partial charge in [-0.1, -0.05) is 19.3 Å². The maximum absolute atomic E-state index is 12.6. The van der Waals surface area contributed by atoms with Gasteiger partial charge in [0.25, 0.3) is 0 Å². The molecular formula is C14H24N2O2. The van der Waals surface area contributed by atoms with Crippen LogP contribution in [0.5, 0.6) is 0 Å². The van der Waals surface area contributed by atoms with Gasteiger partial charge in [-0.25, -0.2) is 0 Å². The minimum Gasteiger partial charge on any atom is -0.371 e. The largest absolute Gasteiger partial charge is 0.371 e. The standard InChI is InChI=1S/C14H24N2O2/c15-13-5-3-1-2-4-12(13)14(17)16-8-10-6-7-11(9-16)18-10/h10-13H,1-9,15H2. The molecule has 1 saturated carbocycles. The fourth-order valence-electron chi connectivity index (χ4n) is 3.67. The van der Waals surface area contributed by atoms with Crippen LogP contribution in [0, 0.1) is 5.92 Å². The van der Waals surface area contributed by atoms with Gasteiger partial charge in [-0.3, -0.25) is 4.79 Å².